The van der Waals surface area contributed by atoms with Crippen molar-refractivity contribution in [1.29, 1.82) is 0 Å². The smallest absolute Gasteiger partial charge is 0.241 e. The summed E-state index contributed by atoms with van der Waals surface area (Å²) in [6.07, 6.45) is 2.96. The summed E-state index contributed by atoms with van der Waals surface area (Å²) in [5.41, 5.74) is 7.78. The molecular formula is C19H31ClN2O3. The van der Waals surface area contributed by atoms with Crippen molar-refractivity contribution in [3.05, 3.63) is 23.8 Å². The van der Waals surface area contributed by atoms with Gasteiger partial charge in [-0.2, -0.15) is 0 Å². The maximum atomic E-state index is 12.2. The van der Waals surface area contributed by atoms with E-state index in [9.17, 15) is 4.79 Å². The first kappa shape index (κ1) is 21.7. The molecule has 2 atom stereocenters. The number of carbonyl (C=O) groups is 1. The number of anilines is 1. The van der Waals surface area contributed by atoms with Gasteiger partial charge in [0, 0.05) is 25.0 Å². The van der Waals surface area contributed by atoms with Crippen LogP contribution in [0, 0.1) is 18.8 Å². The second kappa shape index (κ2) is 10.6. The summed E-state index contributed by atoms with van der Waals surface area (Å²) >= 11 is 0. The number of aryl methyl sites for hydroxylation is 1. The molecule has 0 bridgehead atoms. The maximum Gasteiger partial charge on any atom is 0.241 e. The van der Waals surface area contributed by atoms with Gasteiger partial charge in [-0.05, 0) is 43.2 Å². The second-order valence-corrected chi connectivity index (χ2v) is 6.75. The summed E-state index contributed by atoms with van der Waals surface area (Å²) in [5, 5.41) is 2.90. The molecule has 1 fully saturated rings. The van der Waals surface area contributed by atoms with E-state index in [0.717, 1.165) is 49.5 Å². The number of carbonyl (C=O) groups excluding carboxylic acids is 1. The lowest BCUT2D eigenvalue weighted by molar-refractivity contribution is -0.118. The van der Waals surface area contributed by atoms with Gasteiger partial charge in [0.1, 0.15) is 5.75 Å². The zero-order chi connectivity index (χ0) is 17.5. The first-order chi connectivity index (χ1) is 11.5. The number of nitrogens with two attached hydrogens (primary N) is 1. The van der Waals surface area contributed by atoms with Crippen LogP contribution in [0.2, 0.25) is 0 Å². The van der Waals surface area contributed by atoms with E-state index < -0.39 is 6.04 Å². The van der Waals surface area contributed by atoms with E-state index in [0.29, 0.717) is 12.5 Å². The zero-order valence-electron chi connectivity index (χ0n) is 15.4. The summed E-state index contributed by atoms with van der Waals surface area (Å²) in [6.45, 7) is 8.35. The highest BCUT2D eigenvalue weighted by Gasteiger charge is 2.20. The van der Waals surface area contributed by atoms with Crippen molar-refractivity contribution in [1.82, 2.24) is 0 Å². The first-order valence-electron chi connectivity index (χ1n) is 8.89. The molecule has 0 spiro atoms. The van der Waals surface area contributed by atoms with Gasteiger partial charge in [-0.25, -0.2) is 0 Å². The van der Waals surface area contributed by atoms with E-state index in [1.54, 1.807) is 0 Å². The topological polar surface area (TPSA) is 73.6 Å². The largest absolute Gasteiger partial charge is 0.493 e. The highest BCUT2D eigenvalue weighted by atomic mass is 35.5. The standard InChI is InChI=1S/C19H30N2O3.ClH/c1-4-13(2)18(20)19(22)21-16-6-5-14(3)17(11-16)24-12-15-7-9-23-10-8-15;/h5-6,11,13,15,18H,4,7-10,12,20H2,1-3H3,(H,21,22);1H. The molecule has 2 unspecified atom stereocenters. The third kappa shape index (κ3) is 6.49. The van der Waals surface area contributed by atoms with Crippen LogP contribution in [-0.2, 0) is 9.53 Å². The third-order valence-electron chi connectivity index (χ3n) is 4.83. The number of amides is 1. The van der Waals surface area contributed by atoms with Crippen LogP contribution in [0.15, 0.2) is 18.2 Å². The molecule has 1 aliphatic rings. The van der Waals surface area contributed by atoms with Crippen LogP contribution < -0.4 is 15.8 Å². The fourth-order valence-corrected chi connectivity index (χ4v) is 2.69. The van der Waals surface area contributed by atoms with Crippen molar-refractivity contribution < 1.29 is 14.3 Å². The van der Waals surface area contributed by atoms with Crippen LogP contribution >= 0.6 is 12.4 Å². The minimum absolute atomic E-state index is 0. The summed E-state index contributed by atoms with van der Waals surface area (Å²) in [4.78, 5) is 12.2. The minimum Gasteiger partial charge on any atom is -0.493 e. The predicted octanol–water partition coefficient (Wildman–Crippen LogP) is 3.53. The van der Waals surface area contributed by atoms with Gasteiger partial charge in [-0.15, -0.1) is 12.4 Å². The Bertz CT molecular complexity index is 547. The number of benzene rings is 1. The Morgan fingerprint density at radius 3 is 2.72 bits per heavy atom. The van der Waals surface area contributed by atoms with Gasteiger partial charge < -0.3 is 20.5 Å². The van der Waals surface area contributed by atoms with Crippen LogP contribution in [0.1, 0.15) is 38.7 Å². The lowest BCUT2D eigenvalue weighted by Gasteiger charge is -2.23. The molecule has 0 aromatic heterocycles. The van der Waals surface area contributed by atoms with Crippen molar-refractivity contribution in [2.45, 2.75) is 46.1 Å². The van der Waals surface area contributed by atoms with Gasteiger partial charge in [0.25, 0.3) is 0 Å². The minimum atomic E-state index is -0.497. The Labute approximate surface area is 157 Å². The van der Waals surface area contributed by atoms with E-state index >= 15 is 0 Å². The van der Waals surface area contributed by atoms with Crippen LogP contribution in [0.3, 0.4) is 0 Å². The zero-order valence-corrected chi connectivity index (χ0v) is 16.2. The number of halogens is 1. The van der Waals surface area contributed by atoms with Crippen LogP contribution in [0.4, 0.5) is 5.69 Å². The highest BCUT2D eigenvalue weighted by Crippen LogP contribution is 2.25. The van der Waals surface area contributed by atoms with Crippen molar-refractivity contribution >= 4 is 24.0 Å². The molecule has 0 saturated carbocycles. The molecule has 1 aromatic rings. The van der Waals surface area contributed by atoms with Crippen LogP contribution in [0.25, 0.3) is 0 Å². The monoisotopic (exact) mass is 370 g/mol. The normalized spacial score (nSPS) is 17.3. The fourth-order valence-electron chi connectivity index (χ4n) is 2.69. The molecule has 1 heterocycles. The van der Waals surface area contributed by atoms with Gasteiger partial charge in [0.05, 0.1) is 12.6 Å². The Morgan fingerprint density at radius 2 is 2.08 bits per heavy atom. The lowest BCUT2D eigenvalue weighted by atomic mass is 9.99. The van der Waals surface area contributed by atoms with Crippen molar-refractivity contribution in [2.75, 3.05) is 25.1 Å². The molecule has 1 saturated heterocycles. The fraction of sp³-hybridized carbons (Fsp3) is 0.632. The third-order valence-corrected chi connectivity index (χ3v) is 4.83. The van der Waals surface area contributed by atoms with E-state index in [1.807, 2.05) is 39.0 Å². The maximum absolute atomic E-state index is 12.2. The van der Waals surface area contributed by atoms with Gasteiger partial charge in [-0.3, -0.25) is 4.79 Å². The van der Waals surface area contributed by atoms with E-state index in [1.165, 1.54) is 0 Å². The van der Waals surface area contributed by atoms with E-state index in [-0.39, 0.29) is 24.2 Å². The summed E-state index contributed by atoms with van der Waals surface area (Å²) < 4.78 is 11.4. The number of nitrogens with one attached hydrogen (secondary N) is 1. The predicted molar refractivity (Wildman–Crippen MR) is 104 cm³/mol. The van der Waals surface area contributed by atoms with E-state index in [4.69, 9.17) is 15.2 Å². The Kier molecular flexibility index (Phi) is 9.25. The second-order valence-electron chi connectivity index (χ2n) is 6.75. The molecule has 1 amide bonds. The quantitative estimate of drug-likeness (QED) is 0.769. The number of ether oxygens (including phenoxy) is 2. The molecule has 2 rings (SSSR count). The first-order valence-corrected chi connectivity index (χ1v) is 8.89. The van der Waals surface area contributed by atoms with Gasteiger partial charge in [0.2, 0.25) is 5.91 Å². The Balaban J connectivity index is 0.00000312. The average Bonchev–Trinajstić information content (AvgIpc) is 2.61. The molecule has 1 aromatic carbocycles. The summed E-state index contributed by atoms with van der Waals surface area (Å²) in [7, 11) is 0. The van der Waals surface area contributed by atoms with Gasteiger partial charge in [0.15, 0.2) is 0 Å². The van der Waals surface area contributed by atoms with Crippen molar-refractivity contribution in [3.8, 4) is 5.75 Å². The van der Waals surface area contributed by atoms with Crippen molar-refractivity contribution in [2.24, 2.45) is 17.6 Å². The highest BCUT2D eigenvalue weighted by molar-refractivity contribution is 5.95. The van der Waals surface area contributed by atoms with Crippen molar-refractivity contribution in [3.63, 3.8) is 0 Å². The average molecular weight is 371 g/mol. The van der Waals surface area contributed by atoms with Crippen LogP contribution in [-0.4, -0.2) is 31.8 Å². The number of rotatable bonds is 7. The molecule has 6 heteroatoms. The molecule has 3 N–H and O–H groups in total. The number of hydrogen-bond acceptors (Lipinski definition) is 4. The molecule has 142 valence electrons. The van der Waals surface area contributed by atoms with E-state index in [2.05, 4.69) is 5.32 Å². The molecule has 25 heavy (non-hydrogen) atoms. The van der Waals surface area contributed by atoms with Gasteiger partial charge >= 0.3 is 0 Å². The molecule has 5 nitrogen and oxygen atoms in total. The summed E-state index contributed by atoms with van der Waals surface area (Å²) in [5.74, 6) is 1.36. The molecule has 1 aliphatic heterocycles. The van der Waals surface area contributed by atoms with Crippen LogP contribution in [0.5, 0.6) is 5.75 Å². The van der Waals surface area contributed by atoms with Gasteiger partial charge in [-0.1, -0.05) is 26.3 Å². The molecule has 0 aliphatic carbocycles. The molecule has 0 radical (unpaired) electrons. The number of hydrogen-bond donors (Lipinski definition) is 2. The SMILES string of the molecule is CCC(C)C(N)C(=O)Nc1ccc(C)c(OCC2CCOCC2)c1.Cl. The summed E-state index contributed by atoms with van der Waals surface area (Å²) in [6, 6.07) is 5.24. The lowest BCUT2D eigenvalue weighted by Crippen LogP contribution is -2.40. The Hall–Kier alpha value is -1.30. The Morgan fingerprint density at radius 1 is 1.40 bits per heavy atom. The molecular weight excluding hydrogens is 340 g/mol.